The van der Waals surface area contributed by atoms with Crippen molar-refractivity contribution < 1.29 is 9.21 Å². The fraction of sp³-hybridized carbons (Fsp3) is 0.765. The molecule has 0 spiro atoms. The second kappa shape index (κ2) is 5.37. The molecule has 3 aliphatic rings. The first-order chi connectivity index (χ1) is 10.3. The van der Waals surface area contributed by atoms with Crippen molar-refractivity contribution in [3.05, 3.63) is 17.8 Å². The van der Waals surface area contributed by atoms with E-state index in [1.807, 2.05) is 6.92 Å². The Hall–Kier alpha value is -1.36. The molecule has 22 heavy (non-hydrogen) atoms. The molecule has 0 radical (unpaired) electrons. The van der Waals surface area contributed by atoms with Crippen LogP contribution in [0.25, 0.3) is 0 Å². The third-order valence-corrected chi connectivity index (χ3v) is 6.18. The summed E-state index contributed by atoms with van der Waals surface area (Å²) in [6.45, 7) is 8.94. The average molecular weight is 305 g/mol. The molecule has 0 aromatic carbocycles. The van der Waals surface area contributed by atoms with Gasteiger partial charge >= 0.3 is 0 Å². The number of rotatable bonds is 4. The number of carbonyl (C=O) groups excluding carboxylic acids is 1. The predicted molar refractivity (Wildman–Crippen MR) is 84.1 cm³/mol. The summed E-state index contributed by atoms with van der Waals surface area (Å²) >= 11 is 0. The summed E-state index contributed by atoms with van der Waals surface area (Å²) in [7, 11) is 0. The molecular formula is C17H27N3O2. The van der Waals surface area contributed by atoms with E-state index in [1.165, 1.54) is 12.7 Å². The molecule has 122 valence electrons. The number of amides is 1. The molecule has 1 heterocycles. The standard InChI is InChI=1S/C17H27N3O2/c1-5-12(18)16-20-14(8-22-16)15(21)19-13-7-10-6-11(9(13)2)17(10,3)4/h8-13H,5-7,18H2,1-4H3,(H,19,21). The Morgan fingerprint density at radius 1 is 1.55 bits per heavy atom. The minimum absolute atomic E-state index is 0.144. The van der Waals surface area contributed by atoms with Crippen LogP contribution >= 0.6 is 0 Å². The number of nitrogens with one attached hydrogen (secondary N) is 1. The summed E-state index contributed by atoms with van der Waals surface area (Å²) in [6.07, 6.45) is 4.52. The van der Waals surface area contributed by atoms with Gasteiger partial charge in [0, 0.05) is 6.04 Å². The number of aromatic nitrogens is 1. The van der Waals surface area contributed by atoms with Gasteiger partial charge in [0.05, 0.1) is 6.04 Å². The second-order valence-electron chi connectivity index (χ2n) is 7.62. The molecule has 5 unspecified atom stereocenters. The van der Waals surface area contributed by atoms with Gasteiger partial charge in [0.25, 0.3) is 5.91 Å². The van der Waals surface area contributed by atoms with Gasteiger partial charge in [0.1, 0.15) is 6.26 Å². The molecule has 1 aromatic heterocycles. The van der Waals surface area contributed by atoms with Crippen LogP contribution in [0.2, 0.25) is 0 Å². The van der Waals surface area contributed by atoms with Crippen LogP contribution in [-0.2, 0) is 0 Å². The van der Waals surface area contributed by atoms with Gasteiger partial charge in [-0.15, -0.1) is 0 Å². The lowest BCUT2D eigenvalue weighted by Crippen LogP contribution is -2.60. The smallest absolute Gasteiger partial charge is 0.273 e. The summed E-state index contributed by atoms with van der Waals surface area (Å²) in [4.78, 5) is 16.6. The first-order valence-electron chi connectivity index (χ1n) is 8.36. The Morgan fingerprint density at radius 2 is 2.27 bits per heavy atom. The molecule has 3 fully saturated rings. The van der Waals surface area contributed by atoms with Crippen molar-refractivity contribution in [3.63, 3.8) is 0 Å². The molecule has 3 aliphatic carbocycles. The van der Waals surface area contributed by atoms with Crippen molar-refractivity contribution in [3.8, 4) is 0 Å². The summed E-state index contributed by atoms with van der Waals surface area (Å²) < 4.78 is 5.32. The number of oxazole rings is 1. The average Bonchev–Trinajstić information content (AvgIpc) is 2.97. The van der Waals surface area contributed by atoms with Crippen LogP contribution in [0.3, 0.4) is 0 Å². The van der Waals surface area contributed by atoms with Crippen LogP contribution < -0.4 is 11.1 Å². The molecule has 5 atom stereocenters. The Kier molecular flexibility index (Phi) is 3.79. The Balaban J connectivity index is 1.64. The highest BCUT2D eigenvalue weighted by atomic mass is 16.3. The molecule has 1 aromatic rings. The van der Waals surface area contributed by atoms with E-state index in [1.54, 1.807) is 0 Å². The number of fused-ring (bicyclic) bond motifs is 2. The number of carbonyl (C=O) groups is 1. The molecule has 3 N–H and O–H groups in total. The van der Waals surface area contributed by atoms with Gasteiger partial charge in [-0.3, -0.25) is 4.79 Å². The Labute approximate surface area is 132 Å². The first kappa shape index (κ1) is 15.5. The molecule has 2 bridgehead atoms. The van der Waals surface area contributed by atoms with Crippen molar-refractivity contribution in [2.24, 2.45) is 28.9 Å². The normalized spacial score (nSPS) is 33.9. The Morgan fingerprint density at radius 3 is 2.86 bits per heavy atom. The van der Waals surface area contributed by atoms with Crippen LogP contribution in [-0.4, -0.2) is 16.9 Å². The third-order valence-electron chi connectivity index (χ3n) is 6.18. The first-order valence-corrected chi connectivity index (χ1v) is 8.36. The maximum atomic E-state index is 12.4. The van der Waals surface area contributed by atoms with Crippen molar-refractivity contribution in [2.75, 3.05) is 0 Å². The zero-order chi connectivity index (χ0) is 16.1. The van der Waals surface area contributed by atoms with E-state index in [-0.39, 0.29) is 18.0 Å². The summed E-state index contributed by atoms with van der Waals surface area (Å²) in [5, 5.41) is 3.15. The van der Waals surface area contributed by atoms with Crippen LogP contribution in [0.5, 0.6) is 0 Å². The quantitative estimate of drug-likeness (QED) is 0.896. The fourth-order valence-corrected chi connectivity index (χ4v) is 4.32. The van der Waals surface area contributed by atoms with E-state index in [0.29, 0.717) is 28.8 Å². The van der Waals surface area contributed by atoms with Crippen molar-refractivity contribution in [2.45, 2.75) is 59.0 Å². The minimum Gasteiger partial charge on any atom is -0.446 e. The lowest BCUT2D eigenvalue weighted by atomic mass is 9.45. The lowest BCUT2D eigenvalue weighted by molar-refractivity contribution is -0.113. The SMILES string of the molecule is CCC(N)c1nc(C(=O)NC2CC3CC(C2C)C3(C)C)co1. The van der Waals surface area contributed by atoms with E-state index in [0.717, 1.165) is 18.8 Å². The topological polar surface area (TPSA) is 81.1 Å². The largest absolute Gasteiger partial charge is 0.446 e. The molecular weight excluding hydrogens is 278 g/mol. The van der Waals surface area contributed by atoms with Gasteiger partial charge in [-0.05, 0) is 42.4 Å². The van der Waals surface area contributed by atoms with Crippen LogP contribution in [0.4, 0.5) is 0 Å². The molecule has 0 saturated heterocycles. The highest BCUT2D eigenvalue weighted by Crippen LogP contribution is 2.61. The van der Waals surface area contributed by atoms with Crippen molar-refractivity contribution >= 4 is 5.91 Å². The van der Waals surface area contributed by atoms with Crippen LogP contribution in [0.15, 0.2) is 10.7 Å². The van der Waals surface area contributed by atoms with E-state index < -0.39 is 0 Å². The van der Waals surface area contributed by atoms with E-state index in [9.17, 15) is 4.79 Å². The maximum absolute atomic E-state index is 12.4. The van der Waals surface area contributed by atoms with E-state index in [2.05, 4.69) is 31.1 Å². The van der Waals surface area contributed by atoms with Gasteiger partial charge in [-0.25, -0.2) is 4.98 Å². The van der Waals surface area contributed by atoms with Gasteiger partial charge in [-0.2, -0.15) is 0 Å². The van der Waals surface area contributed by atoms with Gasteiger partial charge < -0.3 is 15.5 Å². The second-order valence-corrected chi connectivity index (χ2v) is 7.62. The maximum Gasteiger partial charge on any atom is 0.273 e. The minimum atomic E-state index is -0.247. The summed E-state index contributed by atoms with van der Waals surface area (Å²) in [5.41, 5.74) is 6.64. The zero-order valence-corrected chi connectivity index (χ0v) is 13.9. The monoisotopic (exact) mass is 305 g/mol. The highest BCUT2D eigenvalue weighted by Gasteiger charge is 2.56. The lowest BCUT2D eigenvalue weighted by Gasteiger charge is -2.62. The molecule has 0 aliphatic heterocycles. The van der Waals surface area contributed by atoms with Crippen molar-refractivity contribution in [1.82, 2.24) is 10.3 Å². The van der Waals surface area contributed by atoms with Gasteiger partial charge in [0.15, 0.2) is 5.69 Å². The van der Waals surface area contributed by atoms with E-state index >= 15 is 0 Å². The summed E-state index contributed by atoms with van der Waals surface area (Å²) in [5.74, 6) is 2.23. The Bertz CT molecular complexity index is 566. The van der Waals surface area contributed by atoms with Crippen LogP contribution in [0.1, 0.15) is 69.4 Å². The third kappa shape index (κ3) is 2.35. The molecule has 5 nitrogen and oxygen atoms in total. The predicted octanol–water partition coefficient (Wildman–Crippen LogP) is 2.88. The summed E-state index contributed by atoms with van der Waals surface area (Å²) in [6, 6.07) is -0.00660. The molecule has 4 rings (SSSR count). The highest BCUT2D eigenvalue weighted by molar-refractivity contribution is 5.92. The van der Waals surface area contributed by atoms with Gasteiger partial charge in [-0.1, -0.05) is 27.7 Å². The molecule has 5 heteroatoms. The number of nitrogens with two attached hydrogens (primary N) is 1. The zero-order valence-electron chi connectivity index (χ0n) is 13.9. The molecule has 1 amide bonds. The van der Waals surface area contributed by atoms with Crippen LogP contribution in [0, 0.1) is 23.2 Å². The number of hydrogen-bond donors (Lipinski definition) is 2. The molecule has 3 saturated carbocycles. The van der Waals surface area contributed by atoms with Gasteiger partial charge in [0.2, 0.25) is 5.89 Å². The van der Waals surface area contributed by atoms with Crippen molar-refractivity contribution in [1.29, 1.82) is 0 Å². The fourth-order valence-electron chi connectivity index (χ4n) is 4.32. The van der Waals surface area contributed by atoms with E-state index in [4.69, 9.17) is 10.2 Å². The number of nitrogens with zero attached hydrogens (tertiary/aromatic N) is 1. The number of hydrogen-bond acceptors (Lipinski definition) is 4.